The topological polar surface area (TPSA) is 81.9 Å². The highest BCUT2D eigenvalue weighted by molar-refractivity contribution is 6.13. The summed E-state index contributed by atoms with van der Waals surface area (Å²) in [5, 5.41) is 8.23. The number of nitrogens with zero attached hydrogens (tertiary/aromatic N) is 4. The molecule has 7 nitrogen and oxygen atoms in total. The molecule has 0 fully saturated rings. The van der Waals surface area contributed by atoms with E-state index in [0.29, 0.717) is 34.9 Å². The highest BCUT2D eigenvalue weighted by Gasteiger charge is 2.19. The van der Waals surface area contributed by atoms with Gasteiger partial charge in [0.05, 0.1) is 28.0 Å². The first-order valence-electron chi connectivity index (χ1n) is 10.9. The number of benzene rings is 2. The molecule has 1 amide bonds. The van der Waals surface area contributed by atoms with Crippen molar-refractivity contribution in [2.24, 2.45) is 7.05 Å². The second-order valence-electron chi connectivity index (χ2n) is 7.92. The van der Waals surface area contributed by atoms with E-state index in [1.54, 1.807) is 16.9 Å². The summed E-state index contributed by atoms with van der Waals surface area (Å²) in [4.78, 5) is 22.5. The number of rotatable bonds is 6. The van der Waals surface area contributed by atoms with Crippen LogP contribution in [0.3, 0.4) is 0 Å². The number of amides is 1. The van der Waals surface area contributed by atoms with Gasteiger partial charge in [-0.05, 0) is 37.3 Å². The second kappa shape index (κ2) is 9.15. The number of carbonyl (C=O) groups is 1. The maximum atomic E-state index is 13.4. The third kappa shape index (κ3) is 4.36. The molecule has 0 aliphatic carbocycles. The van der Waals surface area contributed by atoms with Gasteiger partial charge in [0.15, 0.2) is 5.65 Å². The lowest BCUT2D eigenvalue weighted by Crippen LogP contribution is -2.13. The molecule has 3 aromatic heterocycles. The van der Waals surface area contributed by atoms with Crippen LogP contribution in [0, 0.1) is 6.92 Å². The summed E-state index contributed by atoms with van der Waals surface area (Å²) in [5.74, 6) is 0.411. The van der Waals surface area contributed by atoms with E-state index in [2.05, 4.69) is 15.4 Å². The minimum atomic E-state index is -0.234. The monoisotopic (exact) mass is 449 g/mol. The van der Waals surface area contributed by atoms with Crippen LogP contribution in [0.4, 0.5) is 5.69 Å². The summed E-state index contributed by atoms with van der Waals surface area (Å²) < 4.78 is 7.56. The summed E-state index contributed by atoms with van der Waals surface area (Å²) >= 11 is 0. The van der Waals surface area contributed by atoms with Gasteiger partial charge < -0.3 is 10.1 Å². The van der Waals surface area contributed by atoms with Gasteiger partial charge in [0.25, 0.3) is 5.91 Å². The standard InChI is InChI=1S/C27H23N5O2/c1-18-25-23(16-24(19-9-4-3-5-10-19)30-26(25)32(2)31-18)27(33)29-20-12-8-13-22(15-20)34-17-21-11-6-7-14-28-21/h3-16H,17H2,1-2H3,(H,29,33). The van der Waals surface area contributed by atoms with Crippen LogP contribution >= 0.6 is 0 Å². The predicted octanol–water partition coefficient (Wildman–Crippen LogP) is 5.17. The van der Waals surface area contributed by atoms with Crippen LogP contribution < -0.4 is 10.1 Å². The van der Waals surface area contributed by atoms with Crippen LogP contribution in [0.25, 0.3) is 22.3 Å². The fourth-order valence-corrected chi connectivity index (χ4v) is 3.88. The average molecular weight is 450 g/mol. The Labute approximate surface area is 197 Å². The van der Waals surface area contributed by atoms with Gasteiger partial charge in [-0.1, -0.05) is 42.5 Å². The Morgan fingerprint density at radius 2 is 1.82 bits per heavy atom. The zero-order valence-electron chi connectivity index (χ0n) is 18.9. The third-order valence-corrected chi connectivity index (χ3v) is 5.49. The maximum Gasteiger partial charge on any atom is 0.256 e. The van der Waals surface area contributed by atoms with E-state index in [4.69, 9.17) is 9.72 Å². The van der Waals surface area contributed by atoms with Crippen LogP contribution in [-0.4, -0.2) is 25.7 Å². The van der Waals surface area contributed by atoms with E-state index in [0.717, 1.165) is 22.3 Å². The second-order valence-corrected chi connectivity index (χ2v) is 7.92. The summed E-state index contributed by atoms with van der Waals surface area (Å²) in [6.07, 6.45) is 1.73. The van der Waals surface area contributed by atoms with Crippen molar-refractivity contribution in [2.45, 2.75) is 13.5 Å². The molecule has 3 heterocycles. The summed E-state index contributed by atoms with van der Waals surface area (Å²) in [5.41, 5.74) is 5.05. The Morgan fingerprint density at radius 3 is 2.62 bits per heavy atom. The fourth-order valence-electron chi connectivity index (χ4n) is 3.88. The highest BCUT2D eigenvalue weighted by Crippen LogP contribution is 2.28. The Hall–Kier alpha value is -4.52. The molecular weight excluding hydrogens is 426 g/mol. The molecule has 1 N–H and O–H groups in total. The van der Waals surface area contributed by atoms with E-state index in [9.17, 15) is 4.79 Å². The number of hydrogen-bond donors (Lipinski definition) is 1. The molecule has 0 atom stereocenters. The van der Waals surface area contributed by atoms with E-state index in [1.807, 2.05) is 86.8 Å². The number of hydrogen-bond acceptors (Lipinski definition) is 5. The molecule has 2 aromatic carbocycles. The lowest BCUT2D eigenvalue weighted by molar-refractivity contribution is 0.102. The SMILES string of the molecule is Cc1nn(C)c2nc(-c3ccccc3)cc(C(=O)Nc3cccc(OCc4ccccn4)c3)c12. The first kappa shape index (κ1) is 21.3. The Balaban J connectivity index is 1.44. The van der Waals surface area contributed by atoms with Crippen molar-refractivity contribution in [2.75, 3.05) is 5.32 Å². The van der Waals surface area contributed by atoms with Gasteiger partial charge in [0.2, 0.25) is 0 Å². The molecule has 34 heavy (non-hydrogen) atoms. The first-order chi connectivity index (χ1) is 16.6. The quantitative estimate of drug-likeness (QED) is 0.387. The molecule has 0 unspecified atom stereocenters. The summed E-state index contributed by atoms with van der Waals surface area (Å²) in [6, 6.07) is 24.6. The number of pyridine rings is 2. The normalized spacial score (nSPS) is 10.9. The minimum Gasteiger partial charge on any atom is -0.487 e. The van der Waals surface area contributed by atoms with Crippen molar-refractivity contribution in [3.63, 3.8) is 0 Å². The molecule has 0 bridgehead atoms. The number of ether oxygens (including phenoxy) is 1. The molecule has 5 rings (SSSR count). The molecule has 0 aliphatic heterocycles. The number of anilines is 1. The minimum absolute atomic E-state index is 0.234. The molecule has 7 heteroatoms. The zero-order chi connectivity index (χ0) is 23.5. The van der Waals surface area contributed by atoms with Crippen molar-refractivity contribution >= 4 is 22.6 Å². The smallest absolute Gasteiger partial charge is 0.256 e. The molecule has 0 radical (unpaired) electrons. The van der Waals surface area contributed by atoms with Crippen LogP contribution in [0.2, 0.25) is 0 Å². The maximum absolute atomic E-state index is 13.4. The predicted molar refractivity (Wildman–Crippen MR) is 132 cm³/mol. The van der Waals surface area contributed by atoms with Crippen LogP contribution in [0.1, 0.15) is 21.7 Å². The van der Waals surface area contributed by atoms with E-state index >= 15 is 0 Å². The van der Waals surface area contributed by atoms with E-state index in [-0.39, 0.29) is 5.91 Å². The van der Waals surface area contributed by atoms with Gasteiger partial charge in [0.1, 0.15) is 12.4 Å². The van der Waals surface area contributed by atoms with Crippen molar-refractivity contribution in [3.05, 3.63) is 102 Å². The molecule has 0 aliphatic rings. The van der Waals surface area contributed by atoms with Crippen molar-refractivity contribution < 1.29 is 9.53 Å². The molecule has 0 saturated heterocycles. The number of nitrogens with one attached hydrogen (secondary N) is 1. The van der Waals surface area contributed by atoms with Crippen molar-refractivity contribution in [1.82, 2.24) is 19.7 Å². The van der Waals surface area contributed by atoms with Gasteiger partial charge in [-0.25, -0.2) is 4.98 Å². The number of aromatic nitrogens is 4. The van der Waals surface area contributed by atoms with Gasteiger partial charge >= 0.3 is 0 Å². The summed E-state index contributed by atoms with van der Waals surface area (Å²) in [7, 11) is 1.83. The number of carbonyl (C=O) groups excluding carboxylic acids is 1. The van der Waals surface area contributed by atoms with Gasteiger partial charge in [-0.2, -0.15) is 5.10 Å². The van der Waals surface area contributed by atoms with Crippen LogP contribution in [0.5, 0.6) is 5.75 Å². The molecule has 0 spiro atoms. The van der Waals surface area contributed by atoms with Gasteiger partial charge in [0, 0.05) is 30.6 Å². The average Bonchev–Trinajstić information content (AvgIpc) is 3.16. The number of aryl methyl sites for hydroxylation is 2. The molecule has 168 valence electrons. The van der Waals surface area contributed by atoms with Crippen LogP contribution in [0.15, 0.2) is 85.1 Å². The largest absolute Gasteiger partial charge is 0.487 e. The van der Waals surface area contributed by atoms with Gasteiger partial charge in [-0.3, -0.25) is 14.5 Å². The Bertz CT molecular complexity index is 1460. The zero-order valence-corrected chi connectivity index (χ0v) is 18.9. The molecule has 0 saturated carbocycles. The lowest BCUT2D eigenvalue weighted by Gasteiger charge is -2.11. The fraction of sp³-hybridized carbons (Fsp3) is 0.111. The third-order valence-electron chi connectivity index (χ3n) is 5.49. The lowest BCUT2D eigenvalue weighted by atomic mass is 10.0. The number of fused-ring (bicyclic) bond motifs is 1. The first-order valence-corrected chi connectivity index (χ1v) is 10.9. The molecule has 5 aromatic rings. The van der Waals surface area contributed by atoms with Gasteiger partial charge in [-0.15, -0.1) is 0 Å². The van der Waals surface area contributed by atoms with Crippen molar-refractivity contribution in [3.8, 4) is 17.0 Å². The Kier molecular flexibility index (Phi) is 5.74. The Morgan fingerprint density at radius 1 is 1.00 bits per heavy atom. The van der Waals surface area contributed by atoms with E-state index < -0.39 is 0 Å². The van der Waals surface area contributed by atoms with Crippen molar-refractivity contribution in [1.29, 1.82) is 0 Å². The summed E-state index contributed by atoms with van der Waals surface area (Å²) in [6.45, 7) is 2.23. The van der Waals surface area contributed by atoms with Crippen LogP contribution in [-0.2, 0) is 13.7 Å². The molecular formula is C27H23N5O2. The van der Waals surface area contributed by atoms with E-state index in [1.165, 1.54) is 0 Å². The highest BCUT2D eigenvalue weighted by atomic mass is 16.5.